The summed E-state index contributed by atoms with van der Waals surface area (Å²) >= 11 is 0. The summed E-state index contributed by atoms with van der Waals surface area (Å²) in [6, 6.07) is 3.86. The normalized spacial score (nSPS) is 17.3. The van der Waals surface area contributed by atoms with Crippen molar-refractivity contribution >= 4 is 17.3 Å². The van der Waals surface area contributed by atoms with Crippen molar-refractivity contribution in [2.75, 3.05) is 30.8 Å². The number of carbonyl (C=O) groups is 1. The molecule has 2 rings (SSSR count). The Morgan fingerprint density at radius 1 is 1.27 bits per heavy atom. The molecule has 122 valence electrons. The first kappa shape index (κ1) is 16.6. The first-order valence-electron chi connectivity index (χ1n) is 7.19. The monoisotopic (exact) mass is 315 g/mol. The summed E-state index contributed by atoms with van der Waals surface area (Å²) in [7, 11) is 2.00. The summed E-state index contributed by atoms with van der Waals surface area (Å²) in [6.07, 6.45) is -2.86. The molecule has 1 aromatic rings. The minimum Gasteiger partial charge on any atom is -0.382 e. The van der Waals surface area contributed by atoms with Crippen LogP contribution in [0, 0.1) is 0 Å². The highest BCUT2D eigenvalue weighted by molar-refractivity contribution is 5.89. The van der Waals surface area contributed by atoms with Gasteiger partial charge in [0.2, 0.25) is 5.91 Å². The van der Waals surface area contributed by atoms with Gasteiger partial charge >= 0.3 is 6.18 Å². The molecule has 1 amide bonds. The molecule has 0 unspecified atom stereocenters. The molecule has 1 saturated heterocycles. The zero-order valence-corrected chi connectivity index (χ0v) is 12.6. The second kappa shape index (κ2) is 6.56. The summed E-state index contributed by atoms with van der Waals surface area (Å²) < 4.78 is 39.7. The number of anilines is 2. The Bertz CT molecular complexity index is 537. The maximum Gasteiger partial charge on any atom is 0.418 e. The Morgan fingerprint density at radius 3 is 2.45 bits per heavy atom. The number of hydrogen-bond donors (Lipinski definition) is 2. The van der Waals surface area contributed by atoms with Crippen LogP contribution in [-0.4, -0.2) is 37.0 Å². The van der Waals surface area contributed by atoms with Crippen molar-refractivity contribution in [2.24, 2.45) is 0 Å². The zero-order valence-electron chi connectivity index (χ0n) is 12.6. The third-order valence-corrected chi connectivity index (χ3v) is 3.72. The Hall–Kier alpha value is -1.76. The van der Waals surface area contributed by atoms with Gasteiger partial charge in [-0.05, 0) is 51.2 Å². The van der Waals surface area contributed by atoms with E-state index in [4.69, 9.17) is 0 Å². The molecule has 2 N–H and O–H groups in total. The molecule has 0 radical (unpaired) electrons. The number of nitrogens with zero attached hydrogens (tertiary/aromatic N) is 1. The van der Waals surface area contributed by atoms with E-state index in [-0.39, 0.29) is 17.4 Å². The molecule has 1 aromatic carbocycles. The van der Waals surface area contributed by atoms with Gasteiger partial charge in [0.15, 0.2) is 0 Å². The SMILES string of the molecule is CC(=O)Nc1ccc(NC2CCN(C)CC2)c(C(F)(F)F)c1. The van der Waals surface area contributed by atoms with Gasteiger partial charge in [-0.3, -0.25) is 4.79 Å². The van der Waals surface area contributed by atoms with Crippen LogP contribution in [0.25, 0.3) is 0 Å². The van der Waals surface area contributed by atoms with Crippen molar-refractivity contribution in [3.8, 4) is 0 Å². The van der Waals surface area contributed by atoms with Crippen molar-refractivity contribution in [3.05, 3.63) is 23.8 Å². The molecule has 4 nitrogen and oxygen atoms in total. The fourth-order valence-corrected chi connectivity index (χ4v) is 2.56. The molecule has 1 heterocycles. The topological polar surface area (TPSA) is 44.4 Å². The predicted octanol–water partition coefficient (Wildman–Crippen LogP) is 3.17. The maximum atomic E-state index is 13.2. The third kappa shape index (κ3) is 4.37. The molecule has 0 spiro atoms. The number of benzene rings is 1. The fourth-order valence-electron chi connectivity index (χ4n) is 2.56. The molecule has 22 heavy (non-hydrogen) atoms. The number of hydrogen-bond acceptors (Lipinski definition) is 3. The Morgan fingerprint density at radius 2 is 1.91 bits per heavy atom. The van der Waals surface area contributed by atoms with E-state index in [0.29, 0.717) is 0 Å². The van der Waals surface area contributed by atoms with E-state index >= 15 is 0 Å². The largest absolute Gasteiger partial charge is 0.418 e. The quantitative estimate of drug-likeness (QED) is 0.900. The van der Waals surface area contributed by atoms with Crippen molar-refractivity contribution in [1.82, 2.24) is 4.90 Å². The van der Waals surface area contributed by atoms with Crippen LogP contribution >= 0.6 is 0 Å². The molecule has 1 fully saturated rings. The number of amides is 1. The predicted molar refractivity (Wildman–Crippen MR) is 79.9 cm³/mol. The van der Waals surface area contributed by atoms with E-state index in [2.05, 4.69) is 15.5 Å². The first-order chi connectivity index (χ1) is 10.3. The average Bonchev–Trinajstić information content (AvgIpc) is 2.41. The number of carbonyl (C=O) groups excluding carboxylic acids is 1. The number of rotatable bonds is 3. The fraction of sp³-hybridized carbons (Fsp3) is 0.533. The van der Waals surface area contributed by atoms with Crippen LogP contribution in [-0.2, 0) is 11.0 Å². The van der Waals surface area contributed by atoms with E-state index < -0.39 is 17.6 Å². The number of alkyl halides is 3. The van der Waals surface area contributed by atoms with Gasteiger partial charge in [0.1, 0.15) is 0 Å². The molecule has 0 aromatic heterocycles. The van der Waals surface area contributed by atoms with Gasteiger partial charge in [-0.15, -0.1) is 0 Å². The second-order valence-corrected chi connectivity index (χ2v) is 5.66. The molecule has 7 heteroatoms. The third-order valence-electron chi connectivity index (χ3n) is 3.72. The molecule has 1 aliphatic rings. The van der Waals surface area contributed by atoms with Gasteiger partial charge < -0.3 is 15.5 Å². The molecule has 0 bridgehead atoms. The second-order valence-electron chi connectivity index (χ2n) is 5.66. The maximum absolute atomic E-state index is 13.2. The standard InChI is InChI=1S/C15H20F3N3O/c1-10(22)19-12-3-4-14(13(9-12)15(16,17)18)20-11-5-7-21(2)8-6-11/h3-4,9,11,20H,5-8H2,1-2H3,(H,19,22). The van der Waals surface area contributed by atoms with E-state index in [1.165, 1.54) is 19.1 Å². The van der Waals surface area contributed by atoms with Crippen molar-refractivity contribution in [2.45, 2.75) is 32.0 Å². The van der Waals surface area contributed by atoms with E-state index in [1.54, 1.807) is 0 Å². The van der Waals surface area contributed by atoms with Crippen LogP contribution < -0.4 is 10.6 Å². The van der Waals surface area contributed by atoms with Gasteiger partial charge in [0, 0.05) is 24.3 Å². The Kier molecular flexibility index (Phi) is 4.95. The number of nitrogens with one attached hydrogen (secondary N) is 2. The van der Waals surface area contributed by atoms with E-state index in [1.807, 2.05) is 7.05 Å². The molecule has 0 saturated carbocycles. The van der Waals surface area contributed by atoms with Crippen LogP contribution in [0.4, 0.5) is 24.5 Å². The lowest BCUT2D eigenvalue weighted by Crippen LogP contribution is -2.37. The van der Waals surface area contributed by atoms with Crippen molar-refractivity contribution in [3.63, 3.8) is 0 Å². The lowest BCUT2D eigenvalue weighted by Gasteiger charge is -2.31. The molecule has 1 aliphatic heterocycles. The van der Waals surface area contributed by atoms with Crippen molar-refractivity contribution < 1.29 is 18.0 Å². The highest BCUT2D eigenvalue weighted by Crippen LogP contribution is 2.37. The summed E-state index contributed by atoms with van der Waals surface area (Å²) in [5.74, 6) is -0.399. The summed E-state index contributed by atoms with van der Waals surface area (Å²) in [6.45, 7) is 2.99. The summed E-state index contributed by atoms with van der Waals surface area (Å²) in [5, 5.41) is 5.38. The van der Waals surface area contributed by atoms with E-state index in [0.717, 1.165) is 32.0 Å². The Labute approximate surface area is 127 Å². The lowest BCUT2D eigenvalue weighted by molar-refractivity contribution is -0.137. The molecular formula is C15H20F3N3O. The summed E-state index contributed by atoms with van der Waals surface area (Å²) in [4.78, 5) is 13.1. The van der Waals surface area contributed by atoms with Gasteiger partial charge in [-0.25, -0.2) is 0 Å². The van der Waals surface area contributed by atoms with Gasteiger partial charge in [0.05, 0.1) is 5.56 Å². The van der Waals surface area contributed by atoms with Gasteiger partial charge in [-0.1, -0.05) is 0 Å². The highest BCUT2D eigenvalue weighted by atomic mass is 19.4. The van der Waals surface area contributed by atoms with Crippen molar-refractivity contribution in [1.29, 1.82) is 0 Å². The molecule has 0 atom stereocenters. The Balaban J connectivity index is 2.20. The number of halogens is 3. The van der Waals surface area contributed by atoms with Crippen LogP contribution in [0.1, 0.15) is 25.3 Å². The first-order valence-corrected chi connectivity index (χ1v) is 7.19. The van der Waals surface area contributed by atoms with Crippen LogP contribution in [0.5, 0.6) is 0 Å². The number of piperidine rings is 1. The smallest absolute Gasteiger partial charge is 0.382 e. The molecular weight excluding hydrogens is 295 g/mol. The van der Waals surface area contributed by atoms with E-state index in [9.17, 15) is 18.0 Å². The lowest BCUT2D eigenvalue weighted by atomic mass is 10.0. The number of likely N-dealkylation sites (tertiary alicyclic amines) is 1. The minimum atomic E-state index is -4.47. The highest BCUT2D eigenvalue weighted by Gasteiger charge is 2.34. The minimum absolute atomic E-state index is 0.0314. The van der Waals surface area contributed by atoms with Crippen LogP contribution in [0.15, 0.2) is 18.2 Å². The zero-order chi connectivity index (χ0) is 16.3. The molecule has 0 aliphatic carbocycles. The van der Waals surface area contributed by atoms with Crippen LogP contribution in [0.2, 0.25) is 0 Å². The van der Waals surface area contributed by atoms with Gasteiger partial charge in [-0.2, -0.15) is 13.2 Å². The average molecular weight is 315 g/mol. The summed E-state index contributed by atoms with van der Waals surface area (Å²) in [5.41, 5.74) is -0.539. The van der Waals surface area contributed by atoms with Crippen LogP contribution in [0.3, 0.4) is 0 Å². The van der Waals surface area contributed by atoms with Gasteiger partial charge in [0.25, 0.3) is 0 Å².